The fourth-order valence-corrected chi connectivity index (χ4v) is 4.07. The third-order valence-electron chi connectivity index (χ3n) is 5.77. The van der Waals surface area contributed by atoms with E-state index in [-0.39, 0.29) is 11.5 Å². The zero-order valence-corrected chi connectivity index (χ0v) is 20.5. The number of hydrogen-bond acceptors (Lipinski definition) is 6. The molecule has 0 bridgehead atoms. The van der Waals surface area contributed by atoms with Crippen molar-refractivity contribution in [2.75, 3.05) is 59.0 Å². The molecule has 2 N–H and O–H groups in total. The van der Waals surface area contributed by atoms with E-state index in [0.717, 1.165) is 43.5 Å². The van der Waals surface area contributed by atoms with E-state index in [9.17, 15) is 9.90 Å². The molecular weight excluding hydrogens is 418 g/mol. The molecule has 1 fully saturated rings. The van der Waals surface area contributed by atoms with E-state index < -0.39 is 6.10 Å². The molecule has 1 saturated heterocycles. The van der Waals surface area contributed by atoms with Crippen LogP contribution in [-0.2, 0) is 4.74 Å². The van der Waals surface area contributed by atoms with Gasteiger partial charge in [0.15, 0.2) is 0 Å². The molecule has 33 heavy (non-hydrogen) atoms. The van der Waals surface area contributed by atoms with Crippen LogP contribution in [0, 0.1) is 0 Å². The molecule has 2 aromatic carbocycles. The first kappa shape index (κ1) is 25.4. The van der Waals surface area contributed by atoms with E-state index >= 15 is 0 Å². The van der Waals surface area contributed by atoms with Gasteiger partial charge in [0.1, 0.15) is 5.75 Å². The van der Waals surface area contributed by atoms with E-state index in [1.165, 1.54) is 0 Å². The number of nitrogens with one attached hydrogen (secondary N) is 1. The molecule has 7 nitrogen and oxygen atoms in total. The highest BCUT2D eigenvalue weighted by molar-refractivity contribution is 6.09. The van der Waals surface area contributed by atoms with Gasteiger partial charge in [-0.3, -0.25) is 14.6 Å². The van der Waals surface area contributed by atoms with Crippen LogP contribution in [0.4, 0.5) is 0 Å². The van der Waals surface area contributed by atoms with Gasteiger partial charge in [-0.2, -0.15) is 0 Å². The number of piperazine rings is 1. The van der Waals surface area contributed by atoms with Crippen LogP contribution in [0.3, 0.4) is 0 Å². The molecule has 2 aromatic rings. The van der Waals surface area contributed by atoms with E-state index in [4.69, 9.17) is 9.47 Å². The van der Waals surface area contributed by atoms with Gasteiger partial charge in [0, 0.05) is 45.8 Å². The minimum absolute atomic E-state index is 0.101. The lowest BCUT2D eigenvalue weighted by Crippen LogP contribution is -2.50. The third kappa shape index (κ3) is 7.67. The van der Waals surface area contributed by atoms with Gasteiger partial charge in [0.25, 0.3) is 5.91 Å². The van der Waals surface area contributed by atoms with Crippen molar-refractivity contribution in [2.45, 2.75) is 39.4 Å². The Labute approximate surface area is 197 Å². The van der Waals surface area contributed by atoms with Crippen molar-refractivity contribution in [1.82, 2.24) is 15.1 Å². The lowest BCUT2D eigenvalue weighted by Gasteiger charge is -2.35. The summed E-state index contributed by atoms with van der Waals surface area (Å²) < 4.78 is 11.4. The van der Waals surface area contributed by atoms with Crippen LogP contribution in [0.15, 0.2) is 36.4 Å². The summed E-state index contributed by atoms with van der Waals surface area (Å²) in [5, 5.41) is 15.3. The van der Waals surface area contributed by atoms with E-state index in [1.807, 2.05) is 64.1 Å². The van der Waals surface area contributed by atoms with Gasteiger partial charge in [-0.05, 0) is 44.5 Å². The standard InChI is InChI=1S/C26H39N3O4/c1-5-32-23-11-10-20-8-6-7-9-22(20)24(23)25(31)27-12-13-28-14-16-29(17-15-28)18-21(30)19-33-26(2,3)4/h6-11,21,30H,5,12-19H2,1-4H3,(H,27,31)/t21-/m1/s1. The average Bonchev–Trinajstić information content (AvgIpc) is 2.78. The summed E-state index contributed by atoms with van der Waals surface area (Å²) in [4.78, 5) is 17.7. The monoisotopic (exact) mass is 457 g/mol. The molecule has 1 aliphatic heterocycles. The van der Waals surface area contributed by atoms with Crippen molar-refractivity contribution in [1.29, 1.82) is 0 Å². The zero-order chi connectivity index (χ0) is 23.8. The molecular formula is C26H39N3O4. The SMILES string of the molecule is CCOc1ccc2ccccc2c1C(=O)NCCN1CCN(C[C@@H](O)COC(C)(C)C)CC1. The van der Waals surface area contributed by atoms with E-state index in [2.05, 4.69) is 15.1 Å². The van der Waals surface area contributed by atoms with Crippen LogP contribution in [0.5, 0.6) is 5.75 Å². The van der Waals surface area contributed by atoms with Gasteiger partial charge < -0.3 is 19.9 Å². The predicted molar refractivity (Wildman–Crippen MR) is 132 cm³/mol. The van der Waals surface area contributed by atoms with Crippen molar-refractivity contribution >= 4 is 16.7 Å². The lowest BCUT2D eigenvalue weighted by atomic mass is 10.0. The highest BCUT2D eigenvalue weighted by Gasteiger charge is 2.21. The molecule has 1 atom stereocenters. The topological polar surface area (TPSA) is 74.3 Å². The summed E-state index contributed by atoms with van der Waals surface area (Å²) in [5.74, 6) is 0.521. The molecule has 0 aliphatic carbocycles. The second-order valence-electron chi connectivity index (χ2n) is 9.57. The summed E-state index contributed by atoms with van der Waals surface area (Å²) in [6.45, 7) is 14.4. The van der Waals surface area contributed by atoms with Crippen LogP contribution in [-0.4, -0.2) is 91.5 Å². The molecule has 1 amide bonds. The lowest BCUT2D eigenvalue weighted by molar-refractivity contribution is -0.0585. The number of ether oxygens (including phenoxy) is 2. The van der Waals surface area contributed by atoms with Crippen molar-refractivity contribution in [3.8, 4) is 5.75 Å². The molecule has 0 aromatic heterocycles. The number of benzene rings is 2. The molecule has 182 valence electrons. The van der Waals surface area contributed by atoms with Crippen molar-refractivity contribution in [3.05, 3.63) is 42.0 Å². The fourth-order valence-electron chi connectivity index (χ4n) is 4.07. The maximum Gasteiger partial charge on any atom is 0.255 e. The van der Waals surface area contributed by atoms with Crippen molar-refractivity contribution in [2.24, 2.45) is 0 Å². The average molecular weight is 458 g/mol. The number of aliphatic hydroxyl groups is 1. The molecule has 0 radical (unpaired) electrons. The highest BCUT2D eigenvalue weighted by Crippen LogP contribution is 2.28. The molecule has 7 heteroatoms. The summed E-state index contributed by atoms with van der Waals surface area (Å²) in [6, 6.07) is 11.8. The molecule has 0 saturated carbocycles. The first-order chi connectivity index (χ1) is 15.8. The third-order valence-corrected chi connectivity index (χ3v) is 5.77. The summed E-state index contributed by atoms with van der Waals surface area (Å²) >= 11 is 0. The minimum atomic E-state index is -0.477. The molecule has 0 spiro atoms. The second-order valence-corrected chi connectivity index (χ2v) is 9.57. The van der Waals surface area contributed by atoms with E-state index in [1.54, 1.807) is 0 Å². The summed E-state index contributed by atoms with van der Waals surface area (Å²) in [7, 11) is 0. The molecule has 1 aliphatic rings. The van der Waals surface area contributed by atoms with Crippen LogP contribution in [0.1, 0.15) is 38.1 Å². The smallest absolute Gasteiger partial charge is 0.255 e. The Morgan fingerprint density at radius 3 is 2.48 bits per heavy atom. The number of fused-ring (bicyclic) bond motifs is 1. The number of carbonyl (C=O) groups is 1. The van der Waals surface area contributed by atoms with Crippen molar-refractivity contribution in [3.63, 3.8) is 0 Å². The second kappa shape index (κ2) is 11.8. The first-order valence-corrected chi connectivity index (χ1v) is 12.0. The van der Waals surface area contributed by atoms with Gasteiger partial charge in [0.05, 0.1) is 30.5 Å². The zero-order valence-electron chi connectivity index (χ0n) is 20.5. The predicted octanol–water partition coefficient (Wildman–Crippen LogP) is 2.76. The number of amides is 1. The number of nitrogens with zero attached hydrogens (tertiary/aromatic N) is 2. The van der Waals surface area contributed by atoms with Crippen molar-refractivity contribution < 1.29 is 19.4 Å². The van der Waals surface area contributed by atoms with Gasteiger partial charge in [-0.15, -0.1) is 0 Å². The largest absolute Gasteiger partial charge is 0.493 e. The maximum absolute atomic E-state index is 13.0. The first-order valence-electron chi connectivity index (χ1n) is 12.0. The Hall–Kier alpha value is -2.19. The van der Waals surface area contributed by atoms with Gasteiger partial charge in [0.2, 0.25) is 0 Å². The number of aliphatic hydroxyl groups excluding tert-OH is 1. The number of β-amino-alcohol motifs (C(OH)–C–C–N with tert-alkyl or cyclic N) is 1. The van der Waals surface area contributed by atoms with Gasteiger partial charge in [-0.1, -0.05) is 30.3 Å². The Morgan fingerprint density at radius 1 is 1.09 bits per heavy atom. The van der Waals surface area contributed by atoms with E-state index in [0.29, 0.717) is 37.6 Å². The molecule has 0 unspecified atom stereocenters. The number of carbonyl (C=O) groups excluding carboxylic acids is 1. The highest BCUT2D eigenvalue weighted by atomic mass is 16.5. The van der Waals surface area contributed by atoms with Gasteiger partial charge in [-0.25, -0.2) is 0 Å². The van der Waals surface area contributed by atoms with Crippen LogP contribution in [0.2, 0.25) is 0 Å². The molecule has 1 heterocycles. The van der Waals surface area contributed by atoms with Gasteiger partial charge >= 0.3 is 0 Å². The Balaban J connectivity index is 1.45. The summed E-state index contributed by atoms with van der Waals surface area (Å²) in [5.41, 5.74) is 0.366. The van der Waals surface area contributed by atoms with Crippen LogP contribution >= 0.6 is 0 Å². The molecule has 3 rings (SSSR count). The number of rotatable bonds is 10. The normalized spacial score (nSPS) is 16.6. The van der Waals surface area contributed by atoms with Crippen LogP contribution < -0.4 is 10.1 Å². The van der Waals surface area contributed by atoms with Crippen LogP contribution in [0.25, 0.3) is 10.8 Å². The Bertz CT molecular complexity index is 904. The Morgan fingerprint density at radius 2 is 1.79 bits per heavy atom. The fraction of sp³-hybridized carbons (Fsp3) is 0.577. The maximum atomic E-state index is 13.0. The minimum Gasteiger partial charge on any atom is -0.493 e. The summed E-state index contributed by atoms with van der Waals surface area (Å²) in [6.07, 6.45) is -0.477. The Kier molecular flexibility index (Phi) is 9.09. The number of hydrogen-bond donors (Lipinski definition) is 2. The quantitative estimate of drug-likeness (QED) is 0.572.